The Hall–Kier alpha value is -2.81. The van der Waals surface area contributed by atoms with Crippen molar-refractivity contribution in [3.05, 3.63) is 78.6 Å². The molecule has 0 bridgehead atoms. The smallest absolute Gasteiger partial charge is 0.0940 e. The molecule has 3 N–H and O–H groups in total. The molecule has 0 aliphatic carbocycles. The van der Waals surface area contributed by atoms with E-state index < -0.39 is 0 Å². The number of aromatic nitrogens is 1. The fraction of sp³-hybridized carbons (Fsp3) is 0.0556. The standard InChI is InChI=1S/C18H17N3/c1-13(19)12-16-11-10-14-6-5-9-17(18(14)21-16)20-15-7-3-2-4-8-15/h2-11,20H,1,12,19H2. The lowest BCUT2D eigenvalue weighted by Crippen LogP contribution is -2.01. The molecule has 21 heavy (non-hydrogen) atoms. The molecule has 104 valence electrons. The van der Waals surface area contributed by atoms with Crippen molar-refractivity contribution in [2.75, 3.05) is 5.32 Å². The molecule has 0 radical (unpaired) electrons. The highest BCUT2D eigenvalue weighted by molar-refractivity contribution is 5.92. The van der Waals surface area contributed by atoms with Crippen LogP contribution in [-0.2, 0) is 6.42 Å². The summed E-state index contributed by atoms with van der Waals surface area (Å²) >= 11 is 0. The van der Waals surface area contributed by atoms with Crippen LogP contribution in [0.15, 0.2) is 72.9 Å². The molecule has 3 rings (SSSR count). The Labute approximate surface area is 124 Å². The molecule has 0 spiro atoms. The van der Waals surface area contributed by atoms with Gasteiger partial charge in [0.05, 0.1) is 11.2 Å². The number of allylic oxidation sites excluding steroid dienone is 1. The summed E-state index contributed by atoms with van der Waals surface area (Å²) in [5, 5.41) is 4.51. The van der Waals surface area contributed by atoms with E-state index in [9.17, 15) is 0 Å². The molecule has 3 nitrogen and oxygen atoms in total. The van der Waals surface area contributed by atoms with Crippen molar-refractivity contribution in [2.24, 2.45) is 5.73 Å². The van der Waals surface area contributed by atoms with Gasteiger partial charge in [0, 0.05) is 28.9 Å². The summed E-state index contributed by atoms with van der Waals surface area (Å²) in [5.74, 6) is 0. The number of nitrogens with two attached hydrogens (primary N) is 1. The van der Waals surface area contributed by atoms with Gasteiger partial charge >= 0.3 is 0 Å². The van der Waals surface area contributed by atoms with Gasteiger partial charge in [0.1, 0.15) is 0 Å². The normalized spacial score (nSPS) is 10.5. The predicted molar refractivity (Wildman–Crippen MR) is 88.5 cm³/mol. The zero-order valence-electron chi connectivity index (χ0n) is 11.7. The van der Waals surface area contributed by atoms with Crippen LogP contribution in [0.2, 0.25) is 0 Å². The second kappa shape index (κ2) is 5.67. The maximum atomic E-state index is 5.68. The van der Waals surface area contributed by atoms with Crippen LogP contribution in [0.3, 0.4) is 0 Å². The quantitative estimate of drug-likeness (QED) is 0.757. The molecular formula is C18H17N3. The summed E-state index contributed by atoms with van der Waals surface area (Å²) < 4.78 is 0. The summed E-state index contributed by atoms with van der Waals surface area (Å²) in [4.78, 5) is 4.71. The number of hydrogen-bond acceptors (Lipinski definition) is 3. The summed E-state index contributed by atoms with van der Waals surface area (Å²) in [6, 6.07) is 20.2. The minimum absolute atomic E-state index is 0.593. The van der Waals surface area contributed by atoms with E-state index in [1.54, 1.807) is 0 Å². The van der Waals surface area contributed by atoms with E-state index in [1.165, 1.54) is 0 Å². The first kappa shape index (κ1) is 13.2. The number of fused-ring (bicyclic) bond motifs is 1. The average Bonchev–Trinajstić information content (AvgIpc) is 2.48. The van der Waals surface area contributed by atoms with Crippen LogP contribution in [0.1, 0.15) is 5.69 Å². The molecule has 3 aromatic rings. The third-order valence-electron chi connectivity index (χ3n) is 3.24. The molecule has 3 heteroatoms. The molecule has 0 saturated carbocycles. The molecular weight excluding hydrogens is 258 g/mol. The SMILES string of the molecule is C=C(N)Cc1ccc2cccc(Nc3ccccc3)c2n1. The van der Waals surface area contributed by atoms with Gasteiger partial charge in [-0.15, -0.1) is 0 Å². The Morgan fingerprint density at radius 1 is 1.00 bits per heavy atom. The lowest BCUT2D eigenvalue weighted by atomic mass is 10.1. The molecule has 0 atom stereocenters. The number of pyridine rings is 1. The van der Waals surface area contributed by atoms with Gasteiger partial charge in [-0.1, -0.05) is 43.0 Å². The number of hydrogen-bond donors (Lipinski definition) is 2. The minimum Gasteiger partial charge on any atom is -0.402 e. The number of nitrogens with zero attached hydrogens (tertiary/aromatic N) is 1. The largest absolute Gasteiger partial charge is 0.402 e. The lowest BCUT2D eigenvalue weighted by Gasteiger charge is -2.10. The van der Waals surface area contributed by atoms with E-state index in [2.05, 4.69) is 24.0 Å². The Bertz CT molecular complexity index is 779. The number of nitrogens with one attached hydrogen (secondary N) is 1. The predicted octanol–water partition coefficient (Wildman–Crippen LogP) is 3.99. The summed E-state index contributed by atoms with van der Waals surface area (Å²) in [7, 11) is 0. The van der Waals surface area contributed by atoms with Gasteiger partial charge in [-0.3, -0.25) is 4.98 Å². The molecule has 0 amide bonds. The highest BCUT2D eigenvalue weighted by Crippen LogP contribution is 2.25. The van der Waals surface area contributed by atoms with Crippen molar-refractivity contribution in [3.8, 4) is 0 Å². The van der Waals surface area contributed by atoms with Crippen LogP contribution in [0.4, 0.5) is 11.4 Å². The zero-order valence-corrected chi connectivity index (χ0v) is 11.7. The summed E-state index contributed by atoms with van der Waals surface area (Å²) in [6.07, 6.45) is 0.593. The van der Waals surface area contributed by atoms with Gasteiger partial charge in [0.25, 0.3) is 0 Å². The fourth-order valence-electron chi connectivity index (χ4n) is 2.30. The van der Waals surface area contributed by atoms with Gasteiger partial charge in [0.15, 0.2) is 0 Å². The lowest BCUT2D eigenvalue weighted by molar-refractivity contribution is 1.05. The Kier molecular flexibility index (Phi) is 3.56. The first-order valence-corrected chi connectivity index (χ1v) is 6.86. The Morgan fingerprint density at radius 2 is 1.81 bits per heavy atom. The van der Waals surface area contributed by atoms with Crippen LogP contribution in [-0.4, -0.2) is 4.98 Å². The molecule has 0 aliphatic heterocycles. The van der Waals surface area contributed by atoms with E-state index >= 15 is 0 Å². The number of benzene rings is 2. The van der Waals surface area contributed by atoms with E-state index in [0.29, 0.717) is 12.1 Å². The van der Waals surface area contributed by atoms with Gasteiger partial charge in [0.2, 0.25) is 0 Å². The van der Waals surface area contributed by atoms with Gasteiger partial charge in [-0.05, 0) is 24.3 Å². The molecule has 1 aromatic heterocycles. The van der Waals surface area contributed by atoms with Crippen molar-refractivity contribution < 1.29 is 0 Å². The van der Waals surface area contributed by atoms with Crippen LogP contribution in [0, 0.1) is 0 Å². The molecule has 0 fully saturated rings. The monoisotopic (exact) mass is 275 g/mol. The van der Waals surface area contributed by atoms with Crippen LogP contribution in [0.5, 0.6) is 0 Å². The molecule has 1 heterocycles. The zero-order chi connectivity index (χ0) is 14.7. The van der Waals surface area contributed by atoms with E-state index in [4.69, 9.17) is 10.7 Å². The van der Waals surface area contributed by atoms with Crippen LogP contribution in [0.25, 0.3) is 10.9 Å². The van der Waals surface area contributed by atoms with Crippen LogP contribution < -0.4 is 11.1 Å². The Morgan fingerprint density at radius 3 is 2.57 bits per heavy atom. The first-order chi connectivity index (χ1) is 10.2. The number of rotatable bonds is 4. The highest BCUT2D eigenvalue weighted by atomic mass is 14.9. The van der Waals surface area contributed by atoms with Gasteiger partial charge in [-0.25, -0.2) is 0 Å². The van der Waals surface area contributed by atoms with Crippen LogP contribution >= 0.6 is 0 Å². The number of anilines is 2. The molecule has 0 saturated heterocycles. The van der Waals surface area contributed by atoms with Crippen molar-refractivity contribution in [1.29, 1.82) is 0 Å². The second-order valence-electron chi connectivity index (χ2n) is 5.01. The fourth-order valence-corrected chi connectivity index (χ4v) is 2.30. The van der Waals surface area contributed by atoms with E-state index in [1.807, 2.05) is 48.5 Å². The third-order valence-corrected chi connectivity index (χ3v) is 3.24. The van der Waals surface area contributed by atoms with E-state index in [0.717, 1.165) is 28.0 Å². The summed E-state index contributed by atoms with van der Waals surface area (Å²) in [5.41, 5.74) is 10.2. The topological polar surface area (TPSA) is 50.9 Å². The average molecular weight is 275 g/mol. The van der Waals surface area contributed by atoms with Gasteiger partial charge in [-0.2, -0.15) is 0 Å². The second-order valence-corrected chi connectivity index (χ2v) is 5.01. The maximum absolute atomic E-state index is 5.68. The van der Waals surface area contributed by atoms with Crippen molar-refractivity contribution >= 4 is 22.3 Å². The van der Waals surface area contributed by atoms with E-state index in [-0.39, 0.29) is 0 Å². The minimum atomic E-state index is 0.593. The van der Waals surface area contributed by atoms with Crippen molar-refractivity contribution in [1.82, 2.24) is 4.98 Å². The van der Waals surface area contributed by atoms with Crippen molar-refractivity contribution in [2.45, 2.75) is 6.42 Å². The molecule has 0 unspecified atom stereocenters. The maximum Gasteiger partial charge on any atom is 0.0940 e. The van der Waals surface area contributed by atoms with Gasteiger partial charge < -0.3 is 11.1 Å². The first-order valence-electron chi connectivity index (χ1n) is 6.86. The Balaban J connectivity index is 2.03. The number of para-hydroxylation sites is 2. The summed E-state index contributed by atoms with van der Waals surface area (Å²) in [6.45, 7) is 3.74. The highest BCUT2D eigenvalue weighted by Gasteiger charge is 2.05. The third kappa shape index (κ3) is 3.03. The molecule has 0 aliphatic rings. The van der Waals surface area contributed by atoms with Crippen molar-refractivity contribution in [3.63, 3.8) is 0 Å². The molecule has 2 aromatic carbocycles.